The predicted molar refractivity (Wildman–Crippen MR) is 95.1 cm³/mol. The number of hydrogen-bond acceptors (Lipinski definition) is 6. The Kier molecular flexibility index (Phi) is 4.21. The molecular formula is C20H23N3O4. The van der Waals surface area contributed by atoms with Crippen LogP contribution in [0.1, 0.15) is 47.1 Å². The number of hydrogen-bond donors (Lipinski definition) is 0. The van der Waals surface area contributed by atoms with Gasteiger partial charge in [-0.25, -0.2) is 0 Å². The maximum atomic E-state index is 12.6. The Morgan fingerprint density at radius 3 is 2.96 bits per heavy atom. The second-order valence-corrected chi connectivity index (χ2v) is 7.79. The number of rotatable bonds is 6. The van der Waals surface area contributed by atoms with Crippen molar-refractivity contribution in [3.63, 3.8) is 0 Å². The first-order valence-corrected chi connectivity index (χ1v) is 9.61. The van der Waals surface area contributed by atoms with Crippen molar-refractivity contribution in [1.29, 1.82) is 0 Å². The average molecular weight is 369 g/mol. The monoisotopic (exact) mass is 369 g/mol. The van der Waals surface area contributed by atoms with Crippen LogP contribution in [0.15, 0.2) is 35.0 Å². The summed E-state index contributed by atoms with van der Waals surface area (Å²) in [5.41, 5.74) is 1.06. The highest BCUT2D eigenvalue weighted by Gasteiger charge is 2.54. The molecular weight excluding hydrogens is 346 g/mol. The van der Waals surface area contributed by atoms with Gasteiger partial charge in [-0.05, 0) is 31.4 Å². The van der Waals surface area contributed by atoms with E-state index in [0.29, 0.717) is 43.8 Å². The van der Waals surface area contributed by atoms with E-state index in [9.17, 15) is 4.79 Å². The van der Waals surface area contributed by atoms with Crippen LogP contribution in [0, 0.1) is 5.92 Å². The fourth-order valence-electron chi connectivity index (χ4n) is 4.02. The van der Waals surface area contributed by atoms with Crippen molar-refractivity contribution in [2.24, 2.45) is 5.92 Å². The largest absolute Gasteiger partial charge is 0.375 e. The third kappa shape index (κ3) is 3.26. The number of amides is 1. The summed E-state index contributed by atoms with van der Waals surface area (Å²) in [4.78, 5) is 18.7. The van der Waals surface area contributed by atoms with Crippen LogP contribution in [-0.4, -0.2) is 52.9 Å². The lowest BCUT2D eigenvalue weighted by atomic mass is 9.81. The van der Waals surface area contributed by atoms with Gasteiger partial charge >= 0.3 is 0 Å². The molecule has 1 spiro atoms. The van der Waals surface area contributed by atoms with Gasteiger partial charge in [-0.1, -0.05) is 11.2 Å². The Morgan fingerprint density at radius 1 is 1.30 bits per heavy atom. The van der Waals surface area contributed by atoms with Crippen LogP contribution in [0.25, 0.3) is 0 Å². The van der Waals surface area contributed by atoms with E-state index in [1.807, 2.05) is 18.2 Å². The SMILES string of the molecule is O=C(c1cc(C2CC2)on1)N1CC2(C1)OCC[C@H]2COCc1ccccn1. The quantitative estimate of drug-likeness (QED) is 0.778. The van der Waals surface area contributed by atoms with Crippen molar-refractivity contribution < 1.29 is 18.8 Å². The fourth-order valence-corrected chi connectivity index (χ4v) is 4.02. The molecule has 2 aromatic rings. The van der Waals surface area contributed by atoms with Crippen molar-refractivity contribution in [3.05, 3.63) is 47.6 Å². The average Bonchev–Trinajstić information content (AvgIpc) is 3.24. The molecule has 2 saturated heterocycles. The molecule has 3 fully saturated rings. The molecule has 0 radical (unpaired) electrons. The molecule has 142 valence electrons. The van der Waals surface area contributed by atoms with E-state index in [1.54, 1.807) is 17.2 Å². The van der Waals surface area contributed by atoms with Crippen molar-refractivity contribution in [2.75, 3.05) is 26.3 Å². The number of nitrogens with zero attached hydrogens (tertiary/aromatic N) is 3. The molecule has 27 heavy (non-hydrogen) atoms. The molecule has 2 aromatic heterocycles. The van der Waals surface area contributed by atoms with E-state index in [1.165, 1.54) is 0 Å². The van der Waals surface area contributed by atoms with Gasteiger partial charge in [0, 0.05) is 30.7 Å². The molecule has 7 heteroatoms. The normalized spacial score (nSPS) is 23.6. The molecule has 7 nitrogen and oxygen atoms in total. The van der Waals surface area contributed by atoms with Gasteiger partial charge in [-0.15, -0.1) is 0 Å². The van der Waals surface area contributed by atoms with Gasteiger partial charge in [0.25, 0.3) is 5.91 Å². The van der Waals surface area contributed by atoms with Gasteiger partial charge in [-0.2, -0.15) is 0 Å². The molecule has 3 aliphatic rings. The van der Waals surface area contributed by atoms with Crippen molar-refractivity contribution in [3.8, 4) is 0 Å². The number of ether oxygens (including phenoxy) is 2. The molecule has 1 saturated carbocycles. The van der Waals surface area contributed by atoms with Gasteiger partial charge in [-0.3, -0.25) is 9.78 Å². The summed E-state index contributed by atoms with van der Waals surface area (Å²) in [7, 11) is 0. The molecule has 1 atom stereocenters. The van der Waals surface area contributed by atoms with E-state index < -0.39 is 0 Å². The van der Waals surface area contributed by atoms with Crippen molar-refractivity contribution in [1.82, 2.24) is 15.0 Å². The van der Waals surface area contributed by atoms with E-state index in [-0.39, 0.29) is 11.5 Å². The number of pyridine rings is 1. The van der Waals surface area contributed by atoms with Crippen LogP contribution in [0.4, 0.5) is 0 Å². The third-order valence-electron chi connectivity index (χ3n) is 5.83. The zero-order valence-corrected chi connectivity index (χ0v) is 15.2. The van der Waals surface area contributed by atoms with E-state index >= 15 is 0 Å². The molecule has 5 rings (SSSR count). The molecule has 0 N–H and O–H groups in total. The highest BCUT2D eigenvalue weighted by atomic mass is 16.5. The summed E-state index contributed by atoms with van der Waals surface area (Å²) in [6.07, 6.45) is 4.99. The smallest absolute Gasteiger partial charge is 0.276 e. The standard InChI is InChI=1S/C20H23N3O4/c24-19(17-9-18(27-22-17)14-4-5-14)23-12-20(13-23)15(6-8-26-20)10-25-11-16-3-1-2-7-21-16/h1-3,7,9,14-15H,4-6,8,10-13H2/t15-/m0/s1. The van der Waals surface area contributed by atoms with Crippen LogP contribution in [0.2, 0.25) is 0 Å². The molecule has 4 heterocycles. The summed E-state index contributed by atoms with van der Waals surface area (Å²) in [6, 6.07) is 7.61. The topological polar surface area (TPSA) is 77.7 Å². The summed E-state index contributed by atoms with van der Waals surface area (Å²) in [5.74, 6) is 1.52. The van der Waals surface area contributed by atoms with Gasteiger partial charge in [0.1, 0.15) is 11.4 Å². The van der Waals surface area contributed by atoms with Crippen LogP contribution >= 0.6 is 0 Å². The van der Waals surface area contributed by atoms with Crippen molar-refractivity contribution >= 4 is 5.91 Å². The van der Waals surface area contributed by atoms with Gasteiger partial charge in [0.15, 0.2) is 5.69 Å². The lowest BCUT2D eigenvalue weighted by Gasteiger charge is -2.49. The summed E-state index contributed by atoms with van der Waals surface area (Å²) in [6.45, 7) is 3.02. The minimum absolute atomic E-state index is 0.0695. The second-order valence-electron chi connectivity index (χ2n) is 7.79. The Bertz CT molecular complexity index is 812. The molecule has 1 aliphatic carbocycles. The van der Waals surface area contributed by atoms with Crippen LogP contribution in [0.3, 0.4) is 0 Å². The number of aromatic nitrogens is 2. The van der Waals surface area contributed by atoms with E-state index in [2.05, 4.69) is 10.1 Å². The van der Waals surface area contributed by atoms with Crippen LogP contribution in [0.5, 0.6) is 0 Å². The van der Waals surface area contributed by atoms with E-state index in [0.717, 1.165) is 37.3 Å². The van der Waals surface area contributed by atoms with Gasteiger partial charge in [0.2, 0.25) is 0 Å². The molecule has 0 bridgehead atoms. The molecule has 0 unspecified atom stereocenters. The van der Waals surface area contributed by atoms with E-state index in [4.69, 9.17) is 14.0 Å². The highest BCUT2D eigenvalue weighted by molar-refractivity contribution is 5.93. The number of likely N-dealkylation sites (tertiary alicyclic amines) is 1. The Hall–Kier alpha value is -2.25. The zero-order valence-electron chi connectivity index (χ0n) is 15.2. The first kappa shape index (κ1) is 16.9. The fraction of sp³-hybridized carbons (Fsp3) is 0.550. The number of carbonyl (C=O) groups excluding carboxylic acids is 1. The highest BCUT2D eigenvalue weighted by Crippen LogP contribution is 2.42. The summed E-state index contributed by atoms with van der Waals surface area (Å²) in [5, 5.41) is 3.96. The van der Waals surface area contributed by atoms with Gasteiger partial charge < -0.3 is 18.9 Å². The molecule has 0 aromatic carbocycles. The number of carbonyl (C=O) groups is 1. The lowest BCUT2D eigenvalue weighted by molar-refractivity contribution is -0.129. The maximum absolute atomic E-state index is 12.6. The van der Waals surface area contributed by atoms with Crippen LogP contribution < -0.4 is 0 Å². The minimum Gasteiger partial charge on any atom is -0.375 e. The maximum Gasteiger partial charge on any atom is 0.276 e. The predicted octanol–water partition coefficient (Wildman–Crippen LogP) is 2.39. The van der Waals surface area contributed by atoms with Crippen molar-refractivity contribution in [2.45, 2.75) is 37.4 Å². The molecule has 1 amide bonds. The first-order valence-electron chi connectivity index (χ1n) is 9.61. The zero-order chi connectivity index (χ0) is 18.3. The van der Waals surface area contributed by atoms with Gasteiger partial charge in [0.05, 0.1) is 32.0 Å². The summed E-state index contributed by atoms with van der Waals surface area (Å²) < 4.78 is 17.2. The lowest BCUT2D eigenvalue weighted by Crippen LogP contribution is -2.66. The third-order valence-corrected chi connectivity index (χ3v) is 5.83. The Labute approximate surface area is 157 Å². The minimum atomic E-state index is -0.275. The Morgan fingerprint density at radius 2 is 2.19 bits per heavy atom. The first-order chi connectivity index (χ1) is 13.2. The molecule has 2 aliphatic heterocycles. The summed E-state index contributed by atoms with van der Waals surface area (Å²) >= 11 is 0. The Balaban J connectivity index is 1.15. The van der Waals surface area contributed by atoms with Crippen LogP contribution in [-0.2, 0) is 16.1 Å². The second kappa shape index (κ2) is 6.73.